The number of hydrogen-bond donors (Lipinski definition) is 2. The number of nitrogens with one attached hydrogen (secondary N) is 2. The first-order chi connectivity index (χ1) is 14.2. The van der Waals surface area contributed by atoms with Crippen molar-refractivity contribution in [2.24, 2.45) is 5.92 Å². The molecule has 0 saturated carbocycles. The van der Waals surface area contributed by atoms with E-state index in [1.807, 2.05) is 6.07 Å². The zero-order valence-electron chi connectivity index (χ0n) is 16.6. The number of piperidine rings is 3. The zero-order chi connectivity index (χ0) is 19.6. The number of pyridine rings is 1. The van der Waals surface area contributed by atoms with Crippen molar-refractivity contribution < 1.29 is 9.21 Å². The van der Waals surface area contributed by atoms with Gasteiger partial charge in [0, 0.05) is 50.2 Å². The highest BCUT2D eigenvalue weighted by Gasteiger charge is 2.35. The van der Waals surface area contributed by atoms with Gasteiger partial charge in [-0.1, -0.05) is 5.92 Å². The molecule has 1 amide bonds. The maximum Gasteiger partial charge on any atom is 0.270 e. The number of rotatable bonds is 3. The standard InChI is InChI=1S/C22H27N5O2/c28-22(25-20-15-27-8-3-16(20)4-9-27)19-13-17-12-18(29-21(17)14-24-19)2-1-7-26-10-5-23-6-11-26/h12-14,16,20,23H,3-11,15H2,(H,25,28)/t20-/m0/s1. The van der Waals surface area contributed by atoms with E-state index in [9.17, 15) is 4.79 Å². The Balaban J connectivity index is 1.25. The van der Waals surface area contributed by atoms with Crippen molar-refractivity contribution in [3.05, 3.63) is 29.8 Å². The fourth-order valence-corrected chi connectivity index (χ4v) is 4.61. The zero-order valence-corrected chi connectivity index (χ0v) is 16.6. The van der Waals surface area contributed by atoms with Gasteiger partial charge < -0.3 is 20.0 Å². The fourth-order valence-electron chi connectivity index (χ4n) is 4.61. The minimum atomic E-state index is -0.0989. The average Bonchev–Trinajstić information content (AvgIpc) is 3.17. The molecule has 0 aromatic carbocycles. The third-order valence-corrected chi connectivity index (χ3v) is 6.33. The Labute approximate surface area is 170 Å². The molecule has 0 spiro atoms. The summed E-state index contributed by atoms with van der Waals surface area (Å²) in [5.41, 5.74) is 1.10. The summed E-state index contributed by atoms with van der Waals surface area (Å²) in [6.07, 6.45) is 3.98. The molecule has 1 atom stereocenters. The average molecular weight is 393 g/mol. The van der Waals surface area contributed by atoms with Crippen molar-refractivity contribution in [3.8, 4) is 11.8 Å². The lowest BCUT2D eigenvalue weighted by Crippen LogP contribution is -2.57. The molecule has 6 rings (SSSR count). The van der Waals surface area contributed by atoms with Crippen LogP contribution in [-0.2, 0) is 0 Å². The maximum atomic E-state index is 12.7. The van der Waals surface area contributed by atoms with Crippen molar-refractivity contribution in [2.75, 3.05) is 52.4 Å². The van der Waals surface area contributed by atoms with E-state index in [0.29, 0.717) is 23.0 Å². The number of carbonyl (C=O) groups is 1. The second-order valence-corrected chi connectivity index (χ2v) is 8.26. The Kier molecular flexibility index (Phi) is 5.23. The van der Waals surface area contributed by atoms with Gasteiger partial charge in [-0.25, -0.2) is 4.98 Å². The van der Waals surface area contributed by atoms with Crippen LogP contribution < -0.4 is 10.6 Å². The SMILES string of the molecule is O=C(N[C@H]1CN2CCC1CC2)c1cc2cc(C#CCN3CCNCC3)oc2cn1. The molecule has 6 heterocycles. The Morgan fingerprint density at radius 2 is 2.07 bits per heavy atom. The summed E-state index contributed by atoms with van der Waals surface area (Å²) >= 11 is 0. The molecule has 2 N–H and O–H groups in total. The van der Waals surface area contributed by atoms with E-state index in [1.54, 1.807) is 12.3 Å². The van der Waals surface area contributed by atoms with Crippen LogP contribution in [-0.4, -0.2) is 79.1 Å². The summed E-state index contributed by atoms with van der Waals surface area (Å²) in [7, 11) is 0. The second kappa shape index (κ2) is 8.15. The van der Waals surface area contributed by atoms with Gasteiger partial charge in [0.15, 0.2) is 11.3 Å². The highest BCUT2D eigenvalue weighted by atomic mass is 16.3. The summed E-state index contributed by atoms with van der Waals surface area (Å²) in [5.74, 6) is 7.41. The quantitative estimate of drug-likeness (QED) is 0.756. The molecular weight excluding hydrogens is 366 g/mol. The molecule has 0 aliphatic carbocycles. The third kappa shape index (κ3) is 4.15. The minimum Gasteiger partial charge on any atom is -0.446 e. The van der Waals surface area contributed by atoms with Crippen molar-refractivity contribution in [1.29, 1.82) is 0 Å². The van der Waals surface area contributed by atoms with E-state index < -0.39 is 0 Å². The highest BCUT2D eigenvalue weighted by Crippen LogP contribution is 2.27. The largest absolute Gasteiger partial charge is 0.446 e. The molecule has 152 valence electrons. The Morgan fingerprint density at radius 1 is 1.24 bits per heavy atom. The van der Waals surface area contributed by atoms with Gasteiger partial charge in [-0.3, -0.25) is 9.69 Å². The fraction of sp³-hybridized carbons (Fsp3) is 0.545. The number of amides is 1. The Morgan fingerprint density at radius 3 is 2.83 bits per heavy atom. The predicted octanol–water partition coefficient (Wildman–Crippen LogP) is 0.908. The second-order valence-electron chi connectivity index (χ2n) is 8.26. The summed E-state index contributed by atoms with van der Waals surface area (Å²) in [6, 6.07) is 3.93. The Bertz CT molecular complexity index is 945. The molecule has 7 heteroatoms. The molecule has 4 fully saturated rings. The van der Waals surface area contributed by atoms with Gasteiger partial charge in [0.05, 0.1) is 12.7 Å². The Hall–Kier alpha value is -2.40. The van der Waals surface area contributed by atoms with Crippen LogP contribution in [0.15, 0.2) is 22.7 Å². The van der Waals surface area contributed by atoms with E-state index in [4.69, 9.17) is 4.42 Å². The lowest BCUT2D eigenvalue weighted by atomic mass is 9.84. The van der Waals surface area contributed by atoms with Crippen molar-refractivity contribution in [1.82, 2.24) is 25.4 Å². The third-order valence-electron chi connectivity index (χ3n) is 6.33. The van der Waals surface area contributed by atoms with E-state index in [1.165, 1.54) is 12.8 Å². The van der Waals surface area contributed by atoms with Crippen molar-refractivity contribution >= 4 is 16.9 Å². The number of nitrogens with zero attached hydrogens (tertiary/aromatic N) is 3. The number of piperazine rings is 1. The molecule has 4 saturated heterocycles. The topological polar surface area (TPSA) is 73.6 Å². The van der Waals surface area contributed by atoms with E-state index in [2.05, 4.69) is 37.3 Å². The van der Waals surface area contributed by atoms with Gasteiger partial charge in [-0.05, 0) is 43.8 Å². The van der Waals surface area contributed by atoms with E-state index in [-0.39, 0.29) is 11.9 Å². The lowest BCUT2D eigenvalue weighted by Gasteiger charge is -2.44. The number of fused-ring (bicyclic) bond motifs is 4. The molecule has 0 radical (unpaired) electrons. The van der Waals surface area contributed by atoms with Gasteiger partial charge >= 0.3 is 0 Å². The first-order valence-corrected chi connectivity index (χ1v) is 10.6. The summed E-state index contributed by atoms with van der Waals surface area (Å²) in [4.78, 5) is 21.8. The van der Waals surface area contributed by atoms with Crippen molar-refractivity contribution in [2.45, 2.75) is 18.9 Å². The number of carbonyl (C=O) groups excluding carboxylic acids is 1. The van der Waals surface area contributed by atoms with Crippen LogP contribution in [0.5, 0.6) is 0 Å². The van der Waals surface area contributed by atoms with Crippen LogP contribution in [0.4, 0.5) is 0 Å². The van der Waals surface area contributed by atoms with Gasteiger partial charge in [-0.2, -0.15) is 0 Å². The maximum absolute atomic E-state index is 12.7. The molecule has 4 aliphatic rings. The number of furan rings is 1. The van der Waals surface area contributed by atoms with Crippen LogP contribution in [0.25, 0.3) is 11.0 Å². The van der Waals surface area contributed by atoms with Crippen LogP contribution >= 0.6 is 0 Å². The van der Waals surface area contributed by atoms with Gasteiger partial charge in [-0.15, -0.1) is 0 Å². The predicted molar refractivity (Wildman–Crippen MR) is 111 cm³/mol. The van der Waals surface area contributed by atoms with Crippen LogP contribution in [0.1, 0.15) is 29.1 Å². The summed E-state index contributed by atoms with van der Waals surface area (Å²) < 4.78 is 5.78. The molecule has 0 unspecified atom stereocenters. The van der Waals surface area contributed by atoms with Crippen LogP contribution in [0.2, 0.25) is 0 Å². The first kappa shape index (κ1) is 18.6. The normalized spacial score (nSPS) is 26.8. The highest BCUT2D eigenvalue weighted by molar-refractivity contribution is 5.95. The molecule has 2 aromatic rings. The van der Waals surface area contributed by atoms with Gasteiger partial charge in [0.2, 0.25) is 0 Å². The van der Waals surface area contributed by atoms with Gasteiger partial charge in [0.1, 0.15) is 5.69 Å². The smallest absolute Gasteiger partial charge is 0.270 e. The van der Waals surface area contributed by atoms with Crippen LogP contribution in [0, 0.1) is 17.8 Å². The van der Waals surface area contributed by atoms with E-state index in [0.717, 1.165) is 57.7 Å². The number of hydrogen-bond acceptors (Lipinski definition) is 6. The molecule has 29 heavy (non-hydrogen) atoms. The summed E-state index contributed by atoms with van der Waals surface area (Å²) in [6.45, 7) is 8.10. The lowest BCUT2D eigenvalue weighted by molar-refractivity contribution is 0.0618. The van der Waals surface area contributed by atoms with E-state index >= 15 is 0 Å². The molecule has 4 aliphatic heterocycles. The molecule has 2 aromatic heterocycles. The molecule has 7 nitrogen and oxygen atoms in total. The monoisotopic (exact) mass is 393 g/mol. The van der Waals surface area contributed by atoms with Crippen molar-refractivity contribution in [3.63, 3.8) is 0 Å². The van der Waals surface area contributed by atoms with Crippen LogP contribution in [0.3, 0.4) is 0 Å². The first-order valence-electron chi connectivity index (χ1n) is 10.6. The van der Waals surface area contributed by atoms with Gasteiger partial charge in [0.25, 0.3) is 5.91 Å². The number of aromatic nitrogens is 1. The molecular formula is C22H27N5O2. The molecule has 2 bridgehead atoms. The minimum absolute atomic E-state index is 0.0989. The summed E-state index contributed by atoms with van der Waals surface area (Å²) in [5, 5.41) is 7.40.